The van der Waals surface area contributed by atoms with Crippen LogP contribution >= 0.6 is 0 Å². The number of pyridine rings is 1. The zero-order valence-corrected chi connectivity index (χ0v) is 20.2. The van der Waals surface area contributed by atoms with E-state index in [1.54, 1.807) is 18.2 Å². The number of hydrogen-bond donors (Lipinski definition) is 1. The summed E-state index contributed by atoms with van der Waals surface area (Å²) in [6.45, 7) is 4.13. The van der Waals surface area contributed by atoms with Crippen LogP contribution in [0.15, 0.2) is 65.6 Å². The Morgan fingerprint density at radius 1 is 0.912 bits per heavy atom. The third-order valence-corrected chi connectivity index (χ3v) is 6.84. The fraction of sp³-hybridized carbons (Fsp3) is 0.231. The number of hydrogen-bond acceptors (Lipinski definition) is 6. The number of amides is 1. The minimum absolute atomic E-state index is 0.142. The van der Waals surface area contributed by atoms with Crippen molar-refractivity contribution in [1.29, 1.82) is 0 Å². The molecule has 4 aromatic rings. The van der Waals surface area contributed by atoms with Crippen LogP contribution in [0, 0.1) is 0 Å². The number of aromatic nitrogens is 3. The molecule has 0 aliphatic rings. The topological polar surface area (TPSA) is 102 Å². The van der Waals surface area contributed by atoms with Crippen LogP contribution in [0.3, 0.4) is 0 Å². The predicted octanol–water partition coefficient (Wildman–Crippen LogP) is 4.15. The molecule has 2 aromatic heterocycles. The van der Waals surface area contributed by atoms with E-state index in [0.717, 1.165) is 23.9 Å². The van der Waals surface area contributed by atoms with Gasteiger partial charge in [0.25, 0.3) is 5.91 Å². The molecular weight excluding hydrogens is 448 g/mol. The van der Waals surface area contributed by atoms with Crippen molar-refractivity contribution in [1.82, 2.24) is 20.5 Å². The van der Waals surface area contributed by atoms with Crippen molar-refractivity contribution in [2.45, 2.75) is 38.1 Å². The maximum absolute atomic E-state index is 12.7. The summed E-state index contributed by atoms with van der Waals surface area (Å²) in [5, 5.41) is 11.2. The molecule has 0 saturated heterocycles. The van der Waals surface area contributed by atoms with Gasteiger partial charge in [0.05, 0.1) is 28.3 Å². The highest BCUT2D eigenvalue weighted by molar-refractivity contribution is 7.90. The summed E-state index contributed by atoms with van der Waals surface area (Å²) >= 11 is 0. The van der Waals surface area contributed by atoms with Gasteiger partial charge < -0.3 is 5.32 Å². The number of benzene rings is 2. The number of sulfone groups is 1. The van der Waals surface area contributed by atoms with Crippen LogP contribution in [0.1, 0.15) is 41.0 Å². The molecule has 34 heavy (non-hydrogen) atoms. The van der Waals surface area contributed by atoms with E-state index in [9.17, 15) is 13.2 Å². The smallest absolute Gasteiger partial charge is 0.251 e. The minimum Gasteiger partial charge on any atom is -0.346 e. The van der Waals surface area contributed by atoms with Crippen molar-refractivity contribution < 1.29 is 13.2 Å². The highest BCUT2D eigenvalue weighted by Crippen LogP contribution is 2.22. The van der Waals surface area contributed by atoms with Gasteiger partial charge in [0, 0.05) is 17.4 Å². The summed E-state index contributed by atoms with van der Waals surface area (Å²) in [7, 11) is -3.44. The molecule has 2 aromatic carbocycles. The van der Waals surface area contributed by atoms with E-state index in [0.29, 0.717) is 28.7 Å². The summed E-state index contributed by atoms with van der Waals surface area (Å²) in [5.41, 5.74) is 5.99. The van der Waals surface area contributed by atoms with E-state index in [1.807, 2.05) is 31.2 Å². The van der Waals surface area contributed by atoms with Crippen LogP contribution in [0.2, 0.25) is 0 Å². The van der Waals surface area contributed by atoms with E-state index >= 15 is 0 Å². The number of nitrogens with one attached hydrogen (secondary N) is 1. The second kappa shape index (κ2) is 9.69. The molecule has 1 amide bonds. The molecule has 0 bridgehead atoms. The summed E-state index contributed by atoms with van der Waals surface area (Å²) in [6, 6.07) is 18.6. The second-order valence-corrected chi connectivity index (χ2v) is 10.1. The quantitative estimate of drug-likeness (QED) is 0.432. The van der Waals surface area contributed by atoms with Crippen LogP contribution in [-0.2, 0) is 29.2 Å². The summed E-state index contributed by atoms with van der Waals surface area (Å²) in [4.78, 5) is 17.6. The van der Waals surface area contributed by atoms with Gasteiger partial charge in [-0.05, 0) is 60.4 Å². The van der Waals surface area contributed by atoms with E-state index in [4.69, 9.17) is 4.98 Å². The fourth-order valence-corrected chi connectivity index (χ4v) is 4.80. The van der Waals surface area contributed by atoms with Crippen molar-refractivity contribution in [2.75, 3.05) is 6.26 Å². The first-order chi connectivity index (χ1) is 16.3. The first kappa shape index (κ1) is 23.5. The van der Waals surface area contributed by atoms with Crippen LogP contribution in [0.25, 0.3) is 22.3 Å². The van der Waals surface area contributed by atoms with Crippen molar-refractivity contribution >= 4 is 26.8 Å². The minimum atomic E-state index is -3.44. The van der Waals surface area contributed by atoms with E-state index in [-0.39, 0.29) is 22.9 Å². The molecule has 8 heteroatoms. The largest absolute Gasteiger partial charge is 0.346 e. The molecule has 0 fully saturated rings. The number of carbonyl (C=O) groups excluding carboxylic acids is 1. The van der Waals surface area contributed by atoms with Gasteiger partial charge in [0.1, 0.15) is 5.52 Å². The van der Waals surface area contributed by atoms with Gasteiger partial charge in [-0.25, -0.2) is 13.4 Å². The molecule has 7 nitrogen and oxygen atoms in total. The molecular formula is C26H26N4O3S. The van der Waals surface area contributed by atoms with Crippen molar-refractivity contribution in [3.63, 3.8) is 0 Å². The summed E-state index contributed by atoms with van der Waals surface area (Å²) in [6.07, 6.45) is 2.66. The summed E-state index contributed by atoms with van der Waals surface area (Å²) < 4.78 is 24.2. The molecule has 1 N–H and O–H groups in total. The van der Waals surface area contributed by atoms with Gasteiger partial charge in [0.2, 0.25) is 0 Å². The van der Waals surface area contributed by atoms with Gasteiger partial charge in [-0.15, -0.1) is 5.10 Å². The van der Waals surface area contributed by atoms with Crippen molar-refractivity contribution in [3.8, 4) is 11.3 Å². The zero-order chi connectivity index (χ0) is 24.3. The highest BCUT2D eigenvalue weighted by atomic mass is 32.2. The lowest BCUT2D eigenvalue weighted by Gasteiger charge is -2.10. The molecule has 174 valence electrons. The lowest BCUT2D eigenvalue weighted by Crippen LogP contribution is -2.24. The molecule has 0 atom stereocenters. The first-order valence-corrected chi connectivity index (χ1v) is 13.0. The Hall–Kier alpha value is -3.65. The molecule has 0 aliphatic heterocycles. The number of carbonyl (C=O) groups is 1. The average molecular weight is 475 g/mol. The Morgan fingerprint density at radius 3 is 2.47 bits per heavy atom. The van der Waals surface area contributed by atoms with Gasteiger partial charge in [-0.2, -0.15) is 5.10 Å². The van der Waals surface area contributed by atoms with E-state index in [2.05, 4.69) is 34.6 Å². The molecule has 0 spiro atoms. The van der Waals surface area contributed by atoms with Crippen molar-refractivity contribution in [3.05, 3.63) is 83.0 Å². The van der Waals surface area contributed by atoms with Gasteiger partial charge in [0.15, 0.2) is 9.84 Å². The Kier molecular flexibility index (Phi) is 6.70. The normalized spacial score (nSPS) is 11.5. The number of fused-ring (bicyclic) bond motifs is 1. The maximum atomic E-state index is 12.7. The number of nitrogens with zero attached hydrogens (tertiary/aromatic N) is 3. The third kappa shape index (κ3) is 5.12. The van der Waals surface area contributed by atoms with Gasteiger partial charge >= 0.3 is 0 Å². The van der Waals surface area contributed by atoms with Crippen LogP contribution < -0.4 is 5.32 Å². The standard InChI is InChI=1S/C26H26N4O3S/c1-4-17-7-6-8-19(13-17)22-11-12-23-24(28-22)15-21(29-30-23)16-27-26(31)20-10-9-18(5-2)25(14-20)34(3,32)33/h6-15H,4-5,16H2,1-3H3,(H,27,31). The molecule has 2 heterocycles. The second-order valence-electron chi connectivity index (χ2n) is 8.12. The molecule has 0 radical (unpaired) electrons. The Morgan fingerprint density at radius 2 is 1.74 bits per heavy atom. The first-order valence-electron chi connectivity index (χ1n) is 11.1. The van der Waals surface area contributed by atoms with E-state index < -0.39 is 9.84 Å². The molecule has 0 unspecified atom stereocenters. The summed E-state index contributed by atoms with van der Waals surface area (Å²) in [5.74, 6) is -0.382. The monoisotopic (exact) mass is 474 g/mol. The SMILES string of the molecule is CCc1cccc(-c2ccc3nnc(CNC(=O)c4ccc(CC)c(S(C)(=O)=O)c4)cc3n2)c1. The lowest BCUT2D eigenvalue weighted by atomic mass is 10.1. The lowest BCUT2D eigenvalue weighted by molar-refractivity contribution is 0.0950. The van der Waals surface area contributed by atoms with E-state index in [1.165, 1.54) is 11.6 Å². The third-order valence-electron chi connectivity index (χ3n) is 5.66. The number of rotatable bonds is 7. The Bertz CT molecular complexity index is 1480. The van der Waals surface area contributed by atoms with Crippen LogP contribution in [0.5, 0.6) is 0 Å². The van der Waals surface area contributed by atoms with Crippen LogP contribution in [0.4, 0.5) is 0 Å². The molecule has 4 rings (SSSR count). The fourth-order valence-electron chi connectivity index (χ4n) is 3.77. The zero-order valence-electron chi connectivity index (χ0n) is 19.4. The van der Waals surface area contributed by atoms with Crippen molar-refractivity contribution in [2.24, 2.45) is 0 Å². The predicted molar refractivity (Wildman–Crippen MR) is 132 cm³/mol. The van der Waals surface area contributed by atoms with Gasteiger partial charge in [-0.3, -0.25) is 4.79 Å². The Labute approximate surface area is 199 Å². The average Bonchev–Trinajstić information content (AvgIpc) is 2.85. The maximum Gasteiger partial charge on any atom is 0.251 e. The van der Waals surface area contributed by atoms with Crippen LogP contribution in [-0.4, -0.2) is 35.8 Å². The molecule has 0 saturated carbocycles. The Balaban J connectivity index is 1.55. The number of aryl methyl sites for hydroxylation is 2. The highest BCUT2D eigenvalue weighted by Gasteiger charge is 2.16. The molecule has 0 aliphatic carbocycles. The van der Waals surface area contributed by atoms with Gasteiger partial charge in [-0.1, -0.05) is 38.1 Å².